The van der Waals surface area contributed by atoms with E-state index in [1.807, 2.05) is 6.92 Å². The quantitative estimate of drug-likeness (QED) is 0.226. The minimum atomic E-state index is -1.12. The Balaban J connectivity index is 1.45. The van der Waals surface area contributed by atoms with Crippen LogP contribution in [0.15, 0.2) is 23.3 Å². The third kappa shape index (κ3) is 3.19. The van der Waals surface area contributed by atoms with Gasteiger partial charge in [0.15, 0.2) is 5.79 Å². The Morgan fingerprint density at radius 2 is 1.70 bits per heavy atom. The van der Waals surface area contributed by atoms with Gasteiger partial charge < -0.3 is 19.7 Å². The van der Waals surface area contributed by atoms with E-state index in [-0.39, 0.29) is 39.1 Å². The molecule has 2 saturated heterocycles. The fourth-order valence-corrected chi connectivity index (χ4v) is 11.3. The van der Waals surface area contributed by atoms with Crippen LogP contribution in [0.3, 0.4) is 0 Å². The van der Waals surface area contributed by atoms with Crippen molar-refractivity contribution in [1.82, 2.24) is 0 Å². The number of carboxylic acid groups (broad SMARTS) is 1. The van der Waals surface area contributed by atoms with Gasteiger partial charge >= 0.3 is 11.9 Å². The normalized spacial score (nSPS) is 50.1. The minimum absolute atomic E-state index is 0.0702. The second-order valence-electron chi connectivity index (χ2n) is 16.2. The van der Waals surface area contributed by atoms with Crippen molar-refractivity contribution in [1.29, 1.82) is 0 Å². The maximum Gasteiger partial charge on any atom is 0.333 e. The summed E-state index contributed by atoms with van der Waals surface area (Å²) in [6, 6.07) is 0. The third-order valence-electron chi connectivity index (χ3n) is 14.0. The number of carbonyl (C=O) groups is 2. The molecule has 2 aliphatic heterocycles. The van der Waals surface area contributed by atoms with Crippen molar-refractivity contribution in [3.05, 3.63) is 23.3 Å². The van der Waals surface area contributed by atoms with Gasteiger partial charge in [0.25, 0.3) is 0 Å². The van der Waals surface area contributed by atoms with Gasteiger partial charge in [0, 0.05) is 23.3 Å². The van der Waals surface area contributed by atoms with Crippen LogP contribution in [-0.4, -0.2) is 39.6 Å². The van der Waals surface area contributed by atoms with E-state index in [0.717, 1.165) is 38.5 Å². The number of fused-ring (bicyclic) bond motifs is 6. The Labute approximate surface area is 240 Å². The molecule has 0 aromatic heterocycles. The van der Waals surface area contributed by atoms with Crippen molar-refractivity contribution < 1.29 is 29.3 Å². The molecule has 0 amide bonds. The predicted octanol–water partition coefficient (Wildman–Crippen LogP) is 6.81. The smallest absolute Gasteiger partial charge is 0.333 e. The zero-order valence-corrected chi connectivity index (χ0v) is 25.9. The lowest BCUT2D eigenvalue weighted by Crippen LogP contribution is -2.66. The number of hydrogen-bond donors (Lipinski definition) is 2. The average Bonchev–Trinajstić information content (AvgIpc) is 3.29. The second-order valence-corrected chi connectivity index (χ2v) is 16.2. The van der Waals surface area contributed by atoms with Gasteiger partial charge in [-0.05, 0) is 93.3 Å². The lowest BCUT2D eigenvalue weighted by atomic mass is 9.35. The van der Waals surface area contributed by atoms with E-state index in [1.54, 1.807) is 13.0 Å². The van der Waals surface area contributed by atoms with Crippen molar-refractivity contribution in [2.45, 2.75) is 131 Å². The van der Waals surface area contributed by atoms with Crippen molar-refractivity contribution in [3.63, 3.8) is 0 Å². The highest BCUT2D eigenvalue weighted by atomic mass is 16.7. The average molecular weight is 555 g/mol. The molecule has 1 spiro atoms. The molecule has 9 unspecified atom stereocenters. The van der Waals surface area contributed by atoms with Crippen LogP contribution in [0.1, 0.15) is 113 Å². The summed E-state index contributed by atoms with van der Waals surface area (Å²) in [7, 11) is 0. The first kappa shape index (κ1) is 28.5. The summed E-state index contributed by atoms with van der Waals surface area (Å²) in [6.45, 7) is 17.1. The summed E-state index contributed by atoms with van der Waals surface area (Å²) < 4.78 is 12.9. The molecule has 3 saturated carbocycles. The Morgan fingerprint density at radius 3 is 2.35 bits per heavy atom. The van der Waals surface area contributed by atoms with E-state index < -0.39 is 29.2 Å². The molecule has 2 heterocycles. The maximum absolute atomic E-state index is 13.4. The molecule has 6 rings (SSSR count). The number of carboxylic acids is 1. The molecule has 0 aromatic rings. The number of hydrogen-bond acceptors (Lipinski definition) is 5. The number of aliphatic carboxylic acids is 1. The summed E-state index contributed by atoms with van der Waals surface area (Å²) in [6.07, 6.45) is 10.5. The molecule has 0 aromatic carbocycles. The zero-order chi connectivity index (χ0) is 29.3. The number of allylic oxidation sites excluding steroid dienone is 3. The summed E-state index contributed by atoms with van der Waals surface area (Å²) in [4.78, 5) is 26.4. The van der Waals surface area contributed by atoms with Crippen LogP contribution in [0.25, 0.3) is 0 Å². The van der Waals surface area contributed by atoms with Gasteiger partial charge in [-0.2, -0.15) is 0 Å². The molecule has 6 nitrogen and oxygen atoms in total. The van der Waals surface area contributed by atoms with E-state index in [4.69, 9.17) is 9.47 Å². The Hall–Kier alpha value is -1.66. The van der Waals surface area contributed by atoms with Crippen LogP contribution >= 0.6 is 0 Å². The van der Waals surface area contributed by atoms with Gasteiger partial charge in [-0.1, -0.05) is 59.3 Å². The van der Waals surface area contributed by atoms with Crippen LogP contribution < -0.4 is 0 Å². The molecule has 2 N–H and O–H groups in total. The van der Waals surface area contributed by atoms with Crippen LogP contribution in [0.5, 0.6) is 0 Å². The number of esters is 1. The van der Waals surface area contributed by atoms with Crippen LogP contribution in [-0.2, 0) is 19.1 Å². The first-order valence-corrected chi connectivity index (χ1v) is 15.6. The van der Waals surface area contributed by atoms with Gasteiger partial charge in [-0.15, -0.1) is 0 Å². The molecule has 6 heteroatoms. The first-order valence-electron chi connectivity index (χ1n) is 15.6. The van der Waals surface area contributed by atoms with E-state index in [0.29, 0.717) is 30.8 Å². The highest BCUT2D eigenvalue weighted by molar-refractivity contribution is 5.88. The van der Waals surface area contributed by atoms with Crippen LogP contribution in [0, 0.1) is 44.8 Å². The van der Waals surface area contributed by atoms with Crippen molar-refractivity contribution in [2.24, 2.45) is 44.8 Å². The Bertz CT molecular complexity index is 1210. The van der Waals surface area contributed by atoms with Crippen molar-refractivity contribution in [2.75, 3.05) is 0 Å². The minimum Gasteiger partial charge on any atom is -0.481 e. The van der Waals surface area contributed by atoms with Gasteiger partial charge in [0.05, 0.1) is 5.60 Å². The molecular formula is C34H50O6. The van der Waals surface area contributed by atoms with E-state index in [2.05, 4.69) is 47.6 Å². The molecule has 40 heavy (non-hydrogen) atoms. The lowest BCUT2D eigenvalue weighted by Gasteiger charge is -2.68. The van der Waals surface area contributed by atoms with Crippen LogP contribution in [0.2, 0.25) is 0 Å². The summed E-state index contributed by atoms with van der Waals surface area (Å²) in [5.74, 6) is -1.88. The van der Waals surface area contributed by atoms with Crippen LogP contribution in [0.4, 0.5) is 0 Å². The Kier molecular flexibility index (Phi) is 5.87. The molecule has 2 bridgehead atoms. The molecule has 6 aliphatic rings. The highest BCUT2D eigenvalue weighted by Gasteiger charge is 2.78. The van der Waals surface area contributed by atoms with E-state index in [9.17, 15) is 19.8 Å². The second kappa shape index (κ2) is 8.24. The number of aliphatic hydroxyl groups is 1. The lowest BCUT2D eigenvalue weighted by molar-refractivity contribution is -0.242. The largest absolute Gasteiger partial charge is 0.481 e. The van der Waals surface area contributed by atoms with Gasteiger partial charge in [0.2, 0.25) is 0 Å². The highest BCUT2D eigenvalue weighted by Crippen LogP contribution is 2.78. The summed E-state index contributed by atoms with van der Waals surface area (Å²) >= 11 is 0. The molecule has 0 radical (unpaired) electrons. The van der Waals surface area contributed by atoms with Gasteiger partial charge in [0.1, 0.15) is 11.5 Å². The summed E-state index contributed by atoms with van der Waals surface area (Å²) in [5.41, 5.74) is -0.355. The number of rotatable bonds is 3. The summed E-state index contributed by atoms with van der Waals surface area (Å²) in [5, 5.41) is 22.5. The fraction of sp³-hybridized carbons (Fsp3) is 0.824. The van der Waals surface area contributed by atoms with E-state index >= 15 is 0 Å². The number of carbonyl (C=O) groups excluding carboxylic acids is 1. The standard InChI is InChI=1S/C34H50O6/c1-9-20(2)26(35)39-25-19-28(3,4)18-22-21-10-11-24-31(8,30(21,7)14-15-32(22,25)27(36)37)13-12-23-29(5,6)34(38)17-16-33(23,24)40-34/h9-10,22-25,38H,11-19H2,1-8H3,(H,36,37). The zero-order valence-electron chi connectivity index (χ0n) is 25.9. The molecular weight excluding hydrogens is 504 g/mol. The molecule has 9 atom stereocenters. The fourth-order valence-electron chi connectivity index (χ4n) is 11.3. The molecule has 4 aliphatic carbocycles. The molecule has 5 fully saturated rings. The molecule has 222 valence electrons. The monoisotopic (exact) mass is 554 g/mol. The van der Waals surface area contributed by atoms with E-state index in [1.165, 1.54) is 5.57 Å². The predicted molar refractivity (Wildman–Crippen MR) is 152 cm³/mol. The topological polar surface area (TPSA) is 93.1 Å². The van der Waals surface area contributed by atoms with Crippen molar-refractivity contribution >= 4 is 11.9 Å². The van der Waals surface area contributed by atoms with Crippen molar-refractivity contribution in [3.8, 4) is 0 Å². The first-order chi connectivity index (χ1) is 18.4. The maximum atomic E-state index is 13.4. The Morgan fingerprint density at radius 1 is 1.00 bits per heavy atom. The third-order valence-corrected chi connectivity index (χ3v) is 14.0. The van der Waals surface area contributed by atoms with Gasteiger partial charge in [-0.25, -0.2) is 4.79 Å². The van der Waals surface area contributed by atoms with Gasteiger partial charge in [-0.3, -0.25) is 4.79 Å². The SMILES string of the molecule is CC=C(C)C(=O)OC1CC(C)(C)CC2C3=CCC4C56CCC(O)(O5)C(C)(C)C6CCC4(C)C3(C)CCC12C(=O)O. The number of ether oxygens (including phenoxy) is 2.